The van der Waals surface area contributed by atoms with E-state index in [4.69, 9.17) is 4.74 Å². The molecular formula is C18H19NO3. The first-order valence-corrected chi connectivity index (χ1v) is 7.28. The number of ether oxygens (including phenoxy) is 1. The zero-order chi connectivity index (χ0) is 15.6. The Labute approximate surface area is 130 Å². The van der Waals surface area contributed by atoms with Crippen LogP contribution in [0.5, 0.6) is 5.75 Å². The van der Waals surface area contributed by atoms with Crippen molar-refractivity contribution in [1.29, 1.82) is 0 Å². The van der Waals surface area contributed by atoms with E-state index in [1.165, 1.54) is 0 Å². The van der Waals surface area contributed by atoms with E-state index in [0.717, 1.165) is 5.75 Å². The van der Waals surface area contributed by atoms with E-state index < -0.39 is 0 Å². The zero-order valence-electron chi connectivity index (χ0n) is 12.3. The van der Waals surface area contributed by atoms with Gasteiger partial charge in [-0.2, -0.15) is 0 Å². The monoisotopic (exact) mass is 297 g/mol. The molecular weight excluding hydrogens is 278 g/mol. The standard InChI is InChI=1S/C18H19NO3/c20-17(15-8-3-1-4-9-15)14-19-18(21)12-7-13-22-16-10-5-2-6-11-16/h1-6,8-11H,7,12-14H2,(H,19,21). The fraction of sp³-hybridized carbons (Fsp3) is 0.222. The summed E-state index contributed by atoms with van der Waals surface area (Å²) in [5.41, 5.74) is 0.607. The first kappa shape index (κ1) is 15.8. The second-order valence-electron chi connectivity index (χ2n) is 4.83. The average Bonchev–Trinajstić information content (AvgIpc) is 2.58. The molecule has 4 heteroatoms. The molecule has 0 aliphatic rings. The van der Waals surface area contributed by atoms with Crippen LogP contribution < -0.4 is 10.1 Å². The molecule has 0 radical (unpaired) electrons. The van der Waals surface area contributed by atoms with E-state index in [0.29, 0.717) is 25.0 Å². The van der Waals surface area contributed by atoms with Gasteiger partial charge in [0.25, 0.3) is 0 Å². The molecule has 0 spiro atoms. The predicted molar refractivity (Wildman–Crippen MR) is 85.0 cm³/mol. The van der Waals surface area contributed by atoms with Gasteiger partial charge < -0.3 is 10.1 Å². The van der Waals surface area contributed by atoms with Gasteiger partial charge in [0.05, 0.1) is 13.2 Å². The van der Waals surface area contributed by atoms with E-state index >= 15 is 0 Å². The van der Waals surface area contributed by atoms with Crippen molar-refractivity contribution in [2.45, 2.75) is 12.8 Å². The summed E-state index contributed by atoms with van der Waals surface area (Å²) in [6.45, 7) is 0.506. The molecule has 0 aromatic heterocycles. The number of para-hydroxylation sites is 1. The normalized spacial score (nSPS) is 10.0. The topological polar surface area (TPSA) is 55.4 Å². The van der Waals surface area contributed by atoms with Gasteiger partial charge in [0.1, 0.15) is 5.75 Å². The summed E-state index contributed by atoms with van der Waals surface area (Å²) in [6, 6.07) is 18.4. The molecule has 0 atom stereocenters. The molecule has 0 aliphatic heterocycles. The highest BCUT2D eigenvalue weighted by Crippen LogP contribution is 2.08. The van der Waals surface area contributed by atoms with E-state index in [9.17, 15) is 9.59 Å². The van der Waals surface area contributed by atoms with Crippen LogP contribution >= 0.6 is 0 Å². The molecule has 0 aliphatic carbocycles. The number of carbonyl (C=O) groups is 2. The molecule has 114 valence electrons. The number of nitrogens with one attached hydrogen (secondary N) is 1. The van der Waals surface area contributed by atoms with Gasteiger partial charge in [-0.05, 0) is 18.6 Å². The number of amides is 1. The molecule has 1 N–H and O–H groups in total. The smallest absolute Gasteiger partial charge is 0.220 e. The highest BCUT2D eigenvalue weighted by Gasteiger charge is 2.07. The van der Waals surface area contributed by atoms with Gasteiger partial charge in [0, 0.05) is 12.0 Å². The van der Waals surface area contributed by atoms with Gasteiger partial charge in [-0.25, -0.2) is 0 Å². The van der Waals surface area contributed by atoms with Crippen LogP contribution in [-0.2, 0) is 4.79 Å². The highest BCUT2D eigenvalue weighted by molar-refractivity contribution is 5.99. The van der Waals surface area contributed by atoms with Crippen LogP contribution in [0.4, 0.5) is 0 Å². The number of rotatable bonds is 8. The summed E-state index contributed by atoms with van der Waals surface area (Å²) in [7, 11) is 0. The number of ketones is 1. The maximum atomic E-state index is 11.8. The van der Waals surface area contributed by atoms with Gasteiger partial charge in [-0.15, -0.1) is 0 Å². The lowest BCUT2D eigenvalue weighted by molar-refractivity contribution is -0.121. The lowest BCUT2D eigenvalue weighted by Gasteiger charge is -2.06. The molecule has 2 aromatic rings. The Morgan fingerprint density at radius 2 is 1.55 bits per heavy atom. The first-order chi connectivity index (χ1) is 10.8. The zero-order valence-corrected chi connectivity index (χ0v) is 12.3. The third-order valence-corrected chi connectivity index (χ3v) is 3.10. The molecule has 0 fully saturated rings. The van der Waals surface area contributed by atoms with Crippen LogP contribution in [0.3, 0.4) is 0 Å². The highest BCUT2D eigenvalue weighted by atomic mass is 16.5. The minimum atomic E-state index is -0.138. The van der Waals surface area contributed by atoms with Crippen LogP contribution in [0, 0.1) is 0 Å². The number of Topliss-reactive ketones (excluding diaryl/α,β-unsaturated/α-hetero) is 1. The van der Waals surface area contributed by atoms with Crippen molar-refractivity contribution < 1.29 is 14.3 Å². The molecule has 0 saturated carbocycles. The van der Waals surface area contributed by atoms with Gasteiger partial charge in [-0.1, -0.05) is 48.5 Å². The number of carbonyl (C=O) groups excluding carboxylic acids is 2. The maximum Gasteiger partial charge on any atom is 0.220 e. The lowest BCUT2D eigenvalue weighted by Crippen LogP contribution is -2.29. The minimum Gasteiger partial charge on any atom is -0.494 e. The van der Waals surface area contributed by atoms with Crippen molar-refractivity contribution in [2.75, 3.05) is 13.2 Å². The molecule has 0 unspecified atom stereocenters. The fourth-order valence-electron chi connectivity index (χ4n) is 1.93. The van der Waals surface area contributed by atoms with E-state index in [1.807, 2.05) is 36.4 Å². The first-order valence-electron chi connectivity index (χ1n) is 7.28. The number of hydrogen-bond acceptors (Lipinski definition) is 3. The Balaban J connectivity index is 1.61. The van der Waals surface area contributed by atoms with Crippen LogP contribution in [0.15, 0.2) is 60.7 Å². The average molecular weight is 297 g/mol. The van der Waals surface area contributed by atoms with Crippen LogP contribution in [-0.4, -0.2) is 24.8 Å². The SMILES string of the molecule is O=C(CCCOc1ccccc1)NCC(=O)c1ccccc1. The van der Waals surface area contributed by atoms with Gasteiger partial charge in [0.15, 0.2) is 5.78 Å². The van der Waals surface area contributed by atoms with Crippen molar-refractivity contribution >= 4 is 11.7 Å². The number of benzene rings is 2. The quantitative estimate of drug-likeness (QED) is 0.602. The second kappa shape index (κ2) is 8.62. The molecule has 4 nitrogen and oxygen atoms in total. The molecule has 22 heavy (non-hydrogen) atoms. The van der Waals surface area contributed by atoms with Crippen molar-refractivity contribution in [3.05, 3.63) is 66.2 Å². The van der Waals surface area contributed by atoms with Gasteiger partial charge in [-0.3, -0.25) is 9.59 Å². The predicted octanol–water partition coefficient (Wildman–Crippen LogP) is 2.84. The molecule has 0 bridgehead atoms. The molecule has 0 saturated heterocycles. The van der Waals surface area contributed by atoms with Crippen LogP contribution in [0.25, 0.3) is 0 Å². The Hall–Kier alpha value is -2.62. The van der Waals surface area contributed by atoms with Gasteiger partial charge >= 0.3 is 0 Å². The summed E-state index contributed by atoms with van der Waals surface area (Å²) in [5, 5.41) is 2.64. The molecule has 1 amide bonds. The third kappa shape index (κ3) is 5.40. The van der Waals surface area contributed by atoms with Crippen molar-refractivity contribution in [3.8, 4) is 5.75 Å². The minimum absolute atomic E-state index is 0.0301. The summed E-state index contributed by atoms with van der Waals surface area (Å²) in [6.07, 6.45) is 0.954. The molecule has 2 rings (SSSR count). The van der Waals surface area contributed by atoms with Crippen LogP contribution in [0.2, 0.25) is 0 Å². The summed E-state index contributed by atoms with van der Waals surface area (Å²) in [5.74, 6) is 0.567. The summed E-state index contributed by atoms with van der Waals surface area (Å²) in [4.78, 5) is 23.5. The molecule has 2 aromatic carbocycles. The number of hydrogen-bond donors (Lipinski definition) is 1. The fourth-order valence-corrected chi connectivity index (χ4v) is 1.93. The van der Waals surface area contributed by atoms with Crippen molar-refractivity contribution in [2.24, 2.45) is 0 Å². The Kier molecular flexibility index (Phi) is 6.18. The maximum absolute atomic E-state index is 11.8. The van der Waals surface area contributed by atoms with E-state index in [1.54, 1.807) is 24.3 Å². The summed E-state index contributed by atoms with van der Waals surface area (Å²) < 4.78 is 5.50. The Bertz CT molecular complexity index is 596. The Morgan fingerprint density at radius 1 is 0.909 bits per heavy atom. The largest absolute Gasteiger partial charge is 0.494 e. The van der Waals surface area contributed by atoms with E-state index in [2.05, 4.69) is 5.32 Å². The molecule has 0 heterocycles. The second-order valence-corrected chi connectivity index (χ2v) is 4.83. The third-order valence-electron chi connectivity index (χ3n) is 3.10. The van der Waals surface area contributed by atoms with Gasteiger partial charge in [0.2, 0.25) is 5.91 Å². The van der Waals surface area contributed by atoms with E-state index in [-0.39, 0.29) is 18.2 Å². The van der Waals surface area contributed by atoms with Crippen molar-refractivity contribution in [1.82, 2.24) is 5.32 Å². The lowest BCUT2D eigenvalue weighted by atomic mass is 10.1. The van der Waals surface area contributed by atoms with Crippen LogP contribution in [0.1, 0.15) is 23.2 Å². The Morgan fingerprint density at radius 3 is 2.23 bits per heavy atom. The summed E-state index contributed by atoms with van der Waals surface area (Å²) >= 11 is 0. The van der Waals surface area contributed by atoms with Crippen molar-refractivity contribution in [3.63, 3.8) is 0 Å².